The molecule has 0 fully saturated rings. The van der Waals surface area contributed by atoms with Gasteiger partial charge in [-0.2, -0.15) is 5.10 Å². The molecule has 0 atom stereocenters. The van der Waals surface area contributed by atoms with Gasteiger partial charge in [-0.3, -0.25) is 5.10 Å². The standard InChI is InChI=1S/C14H14N4S/c1-8-4-3-5-10(6-8)12-13(17-18-14(12)15)11-7-16-9(2)19-11/h3-7H,1-2H3,(H3,15,17,18). The third kappa shape index (κ3) is 2.13. The van der Waals surface area contributed by atoms with Gasteiger partial charge >= 0.3 is 0 Å². The molecule has 2 heterocycles. The summed E-state index contributed by atoms with van der Waals surface area (Å²) in [4.78, 5) is 5.34. The molecule has 0 aliphatic heterocycles. The van der Waals surface area contributed by atoms with Crippen LogP contribution in [0.2, 0.25) is 0 Å². The van der Waals surface area contributed by atoms with Crippen LogP contribution >= 0.6 is 11.3 Å². The molecule has 0 aliphatic carbocycles. The van der Waals surface area contributed by atoms with Crippen LogP contribution in [-0.2, 0) is 0 Å². The summed E-state index contributed by atoms with van der Waals surface area (Å²) in [5.41, 5.74) is 10.2. The largest absolute Gasteiger partial charge is 0.382 e. The van der Waals surface area contributed by atoms with E-state index in [-0.39, 0.29) is 0 Å². The van der Waals surface area contributed by atoms with Crippen molar-refractivity contribution in [1.29, 1.82) is 0 Å². The molecule has 0 bridgehead atoms. The predicted octanol–water partition coefficient (Wildman–Crippen LogP) is 3.40. The number of aromatic amines is 1. The van der Waals surface area contributed by atoms with Gasteiger partial charge in [0.1, 0.15) is 0 Å². The van der Waals surface area contributed by atoms with E-state index in [4.69, 9.17) is 5.73 Å². The maximum atomic E-state index is 6.01. The van der Waals surface area contributed by atoms with Crippen molar-refractivity contribution in [3.05, 3.63) is 41.0 Å². The quantitative estimate of drug-likeness (QED) is 0.750. The smallest absolute Gasteiger partial charge is 0.153 e. The van der Waals surface area contributed by atoms with Gasteiger partial charge in [-0.05, 0) is 19.4 Å². The molecule has 3 N–H and O–H groups in total. The zero-order valence-electron chi connectivity index (χ0n) is 10.8. The minimum absolute atomic E-state index is 0.520. The lowest BCUT2D eigenvalue weighted by Crippen LogP contribution is -1.88. The lowest BCUT2D eigenvalue weighted by atomic mass is 10.0. The first-order valence-corrected chi connectivity index (χ1v) is 6.80. The molecule has 5 heteroatoms. The second-order valence-corrected chi connectivity index (χ2v) is 5.71. The van der Waals surface area contributed by atoms with E-state index in [9.17, 15) is 0 Å². The maximum absolute atomic E-state index is 6.01. The second kappa shape index (κ2) is 4.51. The molecule has 0 aliphatic rings. The van der Waals surface area contributed by atoms with Crippen LogP contribution in [0.4, 0.5) is 5.82 Å². The number of aryl methyl sites for hydroxylation is 2. The minimum Gasteiger partial charge on any atom is -0.382 e. The van der Waals surface area contributed by atoms with Gasteiger partial charge < -0.3 is 5.73 Å². The summed E-state index contributed by atoms with van der Waals surface area (Å²) in [5, 5.41) is 8.18. The third-order valence-corrected chi connectivity index (χ3v) is 3.90. The Morgan fingerprint density at radius 1 is 1.26 bits per heavy atom. The molecule has 0 radical (unpaired) electrons. The summed E-state index contributed by atoms with van der Waals surface area (Å²) in [7, 11) is 0. The zero-order chi connectivity index (χ0) is 13.4. The first kappa shape index (κ1) is 11.9. The molecule has 4 nitrogen and oxygen atoms in total. The van der Waals surface area contributed by atoms with E-state index in [1.165, 1.54) is 5.56 Å². The Kier molecular flexibility index (Phi) is 2.83. The number of thiazole rings is 1. The van der Waals surface area contributed by atoms with Crippen LogP contribution in [0.1, 0.15) is 10.6 Å². The summed E-state index contributed by atoms with van der Waals surface area (Å²) in [6.07, 6.45) is 1.85. The van der Waals surface area contributed by atoms with Crippen molar-refractivity contribution in [1.82, 2.24) is 15.2 Å². The fraction of sp³-hybridized carbons (Fsp3) is 0.143. The molecule has 0 saturated carbocycles. The van der Waals surface area contributed by atoms with E-state index in [1.807, 2.05) is 25.3 Å². The Hall–Kier alpha value is -2.14. The molecule has 96 valence electrons. The van der Waals surface area contributed by atoms with Gasteiger partial charge in [0.25, 0.3) is 0 Å². The van der Waals surface area contributed by atoms with Crippen LogP contribution in [0.5, 0.6) is 0 Å². The summed E-state index contributed by atoms with van der Waals surface area (Å²) in [5.74, 6) is 0.520. The van der Waals surface area contributed by atoms with Crippen LogP contribution in [-0.4, -0.2) is 15.2 Å². The molecule has 19 heavy (non-hydrogen) atoms. The number of nitrogens with one attached hydrogen (secondary N) is 1. The molecule has 3 rings (SSSR count). The van der Waals surface area contributed by atoms with Gasteiger partial charge in [0.05, 0.1) is 21.1 Å². The van der Waals surface area contributed by atoms with Crippen LogP contribution in [0, 0.1) is 13.8 Å². The SMILES string of the molecule is Cc1cccc(-c2c(N)n[nH]c2-c2cnc(C)s2)c1. The number of H-pyrrole nitrogens is 1. The highest BCUT2D eigenvalue weighted by molar-refractivity contribution is 7.15. The molecule has 0 unspecified atom stereocenters. The fourth-order valence-corrected chi connectivity index (χ4v) is 2.88. The Balaban J connectivity index is 2.19. The normalized spacial score (nSPS) is 10.8. The maximum Gasteiger partial charge on any atom is 0.153 e. The number of anilines is 1. The van der Waals surface area contributed by atoms with Crippen molar-refractivity contribution in [3.63, 3.8) is 0 Å². The van der Waals surface area contributed by atoms with Crippen molar-refractivity contribution >= 4 is 17.2 Å². The van der Waals surface area contributed by atoms with E-state index in [0.29, 0.717) is 5.82 Å². The van der Waals surface area contributed by atoms with E-state index < -0.39 is 0 Å². The summed E-state index contributed by atoms with van der Waals surface area (Å²) in [6.45, 7) is 4.05. The molecular formula is C14H14N4S. The third-order valence-electron chi connectivity index (χ3n) is 2.97. The topological polar surface area (TPSA) is 67.6 Å². The van der Waals surface area contributed by atoms with Crippen molar-refractivity contribution in [2.75, 3.05) is 5.73 Å². The molecular weight excluding hydrogens is 256 g/mol. The lowest BCUT2D eigenvalue weighted by molar-refractivity contribution is 1.10. The number of nitrogen functional groups attached to an aromatic ring is 1. The highest BCUT2D eigenvalue weighted by atomic mass is 32.1. The molecule has 1 aromatic carbocycles. The molecule has 0 saturated heterocycles. The van der Waals surface area contributed by atoms with E-state index >= 15 is 0 Å². The second-order valence-electron chi connectivity index (χ2n) is 4.47. The first-order chi connectivity index (χ1) is 9.15. The number of hydrogen-bond acceptors (Lipinski definition) is 4. The average Bonchev–Trinajstić information content (AvgIpc) is 2.95. The van der Waals surface area contributed by atoms with Crippen molar-refractivity contribution in [3.8, 4) is 21.7 Å². The molecule has 3 aromatic rings. The van der Waals surface area contributed by atoms with Crippen LogP contribution in [0.25, 0.3) is 21.7 Å². The van der Waals surface area contributed by atoms with Crippen molar-refractivity contribution in [2.24, 2.45) is 0 Å². The Morgan fingerprint density at radius 3 is 2.79 bits per heavy atom. The van der Waals surface area contributed by atoms with Crippen LogP contribution in [0.15, 0.2) is 30.5 Å². The monoisotopic (exact) mass is 270 g/mol. The molecule has 0 amide bonds. The highest BCUT2D eigenvalue weighted by Crippen LogP contribution is 2.37. The summed E-state index contributed by atoms with van der Waals surface area (Å²) in [6, 6.07) is 8.25. The van der Waals surface area contributed by atoms with Gasteiger partial charge in [0.2, 0.25) is 0 Å². The Morgan fingerprint density at radius 2 is 2.11 bits per heavy atom. The number of nitrogens with zero attached hydrogens (tertiary/aromatic N) is 2. The minimum atomic E-state index is 0.520. The number of hydrogen-bond donors (Lipinski definition) is 2. The fourth-order valence-electron chi connectivity index (χ4n) is 2.10. The van der Waals surface area contributed by atoms with E-state index in [2.05, 4.69) is 34.2 Å². The van der Waals surface area contributed by atoms with E-state index in [1.54, 1.807) is 11.3 Å². The van der Waals surface area contributed by atoms with Crippen LogP contribution in [0.3, 0.4) is 0 Å². The number of benzene rings is 1. The summed E-state index contributed by atoms with van der Waals surface area (Å²) < 4.78 is 0. The average molecular weight is 270 g/mol. The highest BCUT2D eigenvalue weighted by Gasteiger charge is 2.16. The molecule has 0 spiro atoms. The van der Waals surface area contributed by atoms with Gasteiger partial charge in [-0.15, -0.1) is 11.3 Å². The van der Waals surface area contributed by atoms with Crippen molar-refractivity contribution < 1.29 is 0 Å². The number of aromatic nitrogens is 3. The van der Waals surface area contributed by atoms with Crippen LogP contribution < -0.4 is 5.73 Å². The zero-order valence-corrected chi connectivity index (χ0v) is 11.6. The van der Waals surface area contributed by atoms with Gasteiger partial charge in [0.15, 0.2) is 5.82 Å². The number of rotatable bonds is 2. The van der Waals surface area contributed by atoms with Gasteiger partial charge in [0, 0.05) is 6.20 Å². The van der Waals surface area contributed by atoms with Gasteiger partial charge in [-0.25, -0.2) is 4.98 Å². The summed E-state index contributed by atoms with van der Waals surface area (Å²) >= 11 is 1.63. The Bertz CT molecular complexity index is 727. The number of nitrogens with two attached hydrogens (primary N) is 1. The Labute approximate surface area is 115 Å². The van der Waals surface area contributed by atoms with Gasteiger partial charge in [-0.1, -0.05) is 29.8 Å². The predicted molar refractivity (Wildman–Crippen MR) is 79.0 cm³/mol. The molecule has 2 aromatic heterocycles. The van der Waals surface area contributed by atoms with Crippen molar-refractivity contribution in [2.45, 2.75) is 13.8 Å². The first-order valence-electron chi connectivity index (χ1n) is 5.99. The lowest BCUT2D eigenvalue weighted by Gasteiger charge is -2.03. The van der Waals surface area contributed by atoms with E-state index in [0.717, 1.165) is 26.7 Å².